The molecular formula is C11H20ClNO4. The minimum absolute atomic E-state index is 0.251. The summed E-state index contributed by atoms with van der Waals surface area (Å²) in [6.45, 7) is 1.90. The first-order chi connectivity index (χ1) is 8.13. The normalized spacial score (nSPS) is 10.4. The van der Waals surface area contributed by atoms with Crippen molar-refractivity contribution in [3.63, 3.8) is 0 Å². The molecule has 0 aliphatic carbocycles. The number of carbonyl (C=O) groups is 2. The lowest BCUT2D eigenvalue weighted by Crippen LogP contribution is -2.30. The van der Waals surface area contributed by atoms with Crippen molar-refractivity contribution in [3.8, 4) is 0 Å². The summed E-state index contributed by atoms with van der Waals surface area (Å²) >= 11 is 5.62. The van der Waals surface area contributed by atoms with Crippen LogP contribution in [0.25, 0.3) is 0 Å². The van der Waals surface area contributed by atoms with Gasteiger partial charge in [-0.15, -0.1) is 11.6 Å². The third-order valence-corrected chi connectivity index (χ3v) is 2.59. The molecule has 0 saturated heterocycles. The second kappa shape index (κ2) is 10.4. The Kier molecular flexibility index (Phi) is 9.86. The van der Waals surface area contributed by atoms with E-state index in [2.05, 4.69) is 9.47 Å². The lowest BCUT2D eigenvalue weighted by Gasteiger charge is -2.20. The summed E-state index contributed by atoms with van der Waals surface area (Å²) in [7, 11) is 2.72. The number of ether oxygens (including phenoxy) is 2. The Morgan fingerprint density at radius 1 is 1.00 bits per heavy atom. The van der Waals surface area contributed by atoms with Gasteiger partial charge in [0.25, 0.3) is 0 Å². The molecule has 0 aliphatic heterocycles. The van der Waals surface area contributed by atoms with E-state index in [-0.39, 0.29) is 11.9 Å². The van der Waals surface area contributed by atoms with Gasteiger partial charge in [-0.2, -0.15) is 0 Å². The van der Waals surface area contributed by atoms with Crippen LogP contribution in [0.1, 0.15) is 19.3 Å². The second-order valence-electron chi connectivity index (χ2n) is 3.54. The van der Waals surface area contributed by atoms with Crippen LogP contribution in [0.2, 0.25) is 0 Å². The molecule has 0 radical (unpaired) electrons. The summed E-state index contributed by atoms with van der Waals surface area (Å²) < 4.78 is 9.14. The highest BCUT2D eigenvalue weighted by Crippen LogP contribution is 1.99. The maximum Gasteiger partial charge on any atom is 0.306 e. The molecule has 0 unspecified atom stereocenters. The molecule has 0 spiro atoms. The molecule has 5 nitrogen and oxygen atoms in total. The van der Waals surface area contributed by atoms with Gasteiger partial charge in [-0.05, 0) is 13.0 Å². The molecule has 0 aromatic rings. The number of esters is 2. The summed E-state index contributed by atoms with van der Waals surface area (Å²) in [6.07, 6.45) is 1.46. The van der Waals surface area contributed by atoms with Crippen molar-refractivity contribution in [2.75, 3.05) is 39.7 Å². The summed E-state index contributed by atoms with van der Waals surface area (Å²) in [5.74, 6) is 0.0605. The van der Waals surface area contributed by atoms with Gasteiger partial charge in [-0.1, -0.05) is 0 Å². The number of rotatable bonds is 9. The first-order valence-electron chi connectivity index (χ1n) is 5.56. The summed E-state index contributed by atoms with van der Waals surface area (Å²) in [6, 6.07) is 0. The number of methoxy groups -OCH3 is 2. The van der Waals surface area contributed by atoms with E-state index in [0.29, 0.717) is 31.8 Å². The lowest BCUT2D eigenvalue weighted by atomic mass is 10.3. The molecule has 0 amide bonds. The van der Waals surface area contributed by atoms with Gasteiger partial charge in [0.05, 0.1) is 27.1 Å². The van der Waals surface area contributed by atoms with E-state index < -0.39 is 0 Å². The van der Waals surface area contributed by atoms with Gasteiger partial charge in [-0.3, -0.25) is 9.59 Å². The summed E-state index contributed by atoms with van der Waals surface area (Å²) in [5.41, 5.74) is 0. The number of halogens is 1. The van der Waals surface area contributed by atoms with E-state index in [9.17, 15) is 9.59 Å². The van der Waals surface area contributed by atoms with Gasteiger partial charge < -0.3 is 14.4 Å². The zero-order valence-corrected chi connectivity index (χ0v) is 11.2. The van der Waals surface area contributed by atoms with E-state index in [0.717, 1.165) is 13.0 Å². The van der Waals surface area contributed by atoms with Gasteiger partial charge >= 0.3 is 11.9 Å². The minimum Gasteiger partial charge on any atom is -0.469 e. The number of carbonyl (C=O) groups excluding carboxylic acids is 2. The van der Waals surface area contributed by atoms with E-state index in [1.165, 1.54) is 14.2 Å². The molecule has 6 heteroatoms. The monoisotopic (exact) mass is 265 g/mol. The zero-order chi connectivity index (χ0) is 13.1. The van der Waals surface area contributed by atoms with Crippen LogP contribution in [0.4, 0.5) is 0 Å². The molecule has 0 rings (SSSR count). The van der Waals surface area contributed by atoms with Crippen molar-refractivity contribution in [2.45, 2.75) is 19.3 Å². The van der Waals surface area contributed by atoms with Crippen molar-refractivity contribution >= 4 is 23.5 Å². The molecule has 17 heavy (non-hydrogen) atoms. The van der Waals surface area contributed by atoms with Crippen LogP contribution in [-0.4, -0.2) is 56.6 Å². The first kappa shape index (κ1) is 16.2. The molecule has 0 bridgehead atoms. The van der Waals surface area contributed by atoms with Crippen molar-refractivity contribution < 1.29 is 19.1 Å². The highest BCUT2D eigenvalue weighted by molar-refractivity contribution is 6.17. The molecule has 0 aromatic carbocycles. The fourth-order valence-electron chi connectivity index (χ4n) is 1.32. The Labute approximate surface area is 107 Å². The topological polar surface area (TPSA) is 55.8 Å². The predicted molar refractivity (Wildman–Crippen MR) is 65.0 cm³/mol. The Hall–Kier alpha value is -0.810. The third kappa shape index (κ3) is 8.94. The van der Waals surface area contributed by atoms with Crippen molar-refractivity contribution in [3.05, 3.63) is 0 Å². The average Bonchev–Trinajstić information content (AvgIpc) is 2.36. The number of hydrogen-bond donors (Lipinski definition) is 0. The van der Waals surface area contributed by atoms with E-state index in [4.69, 9.17) is 11.6 Å². The highest BCUT2D eigenvalue weighted by Gasteiger charge is 2.10. The third-order valence-electron chi connectivity index (χ3n) is 2.33. The molecular weight excluding hydrogens is 246 g/mol. The van der Waals surface area contributed by atoms with Crippen LogP contribution in [-0.2, 0) is 19.1 Å². The Morgan fingerprint density at radius 2 is 1.47 bits per heavy atom. The maximum atomic E-state index is 11.0. The lowest BCUT2D eigenvalue weighted by molar-refractivity contribution is -0.141. The summed E-state index contributed by atoms with van der Waals surface area (Å²) in [5, 5.41) is 0. The Balaban J connectivity index is 3.95. The van der Waals surface area contributed by atoms with Gasteiger partial charge in [0.2, 0.25) is 0 Å². The SMILES string of the molecule is COC(=O)CCN(CCCCl)CCC(=O)OC. The van der Waals surface area contributed by atoms with Crippen LogP contribution < -0.4 is 0 Å². The fourth-order valence-corrected chi connectivity index (χ4v) is 1.44. The molecule has 0 heterocycles. The van der Waals surface area contributed by atoms with E-state index in [1.807, 2.05) is 4.90 Å². The van der Waals surface area contributed by atoms with Crippen LogP contribution in [0.15, 0.2) is 0 Å². The molecule has 0 saturated carbocycles. The largest absolute Gasteiger partial charge is 0.469 e. The minimum atomic E-state index is -0.251. The molecule has 100 valence electrons. The molecule has 0 aromatic heterocycles. The smallest absolute Gasteiger partial charge is 0.306 e. The fraction of sp³-hybridized carbons (Fsp3) is 0.818. The van der Waals surface area contributed by atoms with Crippen LogP contribution in [0.5, 0.6) is 0 Å². The van der Waals surface area contributed by atoms with E-state index in [1.54, 1.807) is 0 Å². The number of alkyl halides is 1. The Bertz CT molecular complexity index is 216. The molecule has 0 fully saturated rings. The van der Waals surface area contributed by atoms with Crippen LogP contribution in [0, 0.1) is 0 Å². The van der Waals surface area contributed by atoms with Gasteiger partial charge in [0.15, 0.2) is 0 Å². The second-order valence-corrected chi connectivity index (χ2v) is 3.91. The zero-order valence-electron chi connectivity index (χ0n) is 10.4. The van der Waals surface area contributed by atoms with Crippen molar-refractivity contribution in [1.29, 1.82) is 0 Å². The highest BCUT2D eigenvalue weighted by atomic mass is 35.5. The molecule has 0 aliphatic rings. The Morgan fingerprint density at radius 3 is 1.82 bits per heavy atom. The number of hydrogen-bond acceptors (Lipinski definition) is 5. The standard InChI is InChI=1S/C11H20ClNO4/c1-16-10(14)4-8-13(7-3-6-12)9-5-11(15)17-2/h3-9H2,1-2H3. The first-order valence-corrected chi connectivity index (χ1v) is 6.09. The van der Waals surface area contributed by atoms with E-state index >= 15 is 0 Å². The quantitative estimate of drug-likeness (QED) is 0.461. The van der Waals surface area contributed by atoms with Crippen LogP contribution >= 0.6 is 11.6 Å². The molecule has 0 N–H and O–H groups in total. The summed E-state index contributed by atoms with van der Waals surface area (Å²) in [4.78, 5) is 24.0. The van der Waals surface area contributed by atoms with Crippen molar-refractivity contribution in [2.24, 2.45) is 0 Å². The van der Waals surface area contributed by atoms with Crippen molar-refractivity contribution in [1.82, 2.24) is 4.90 Å². The molecule has 0 atom stereocenters. The van der Waals surface area contributed by atoms with Gasteiger partial charge in [0, 0.05) is 19.0 Å². The average molecular weight is 266 g/mol. The maximum absolute atomic E-state index is 11.0. The van der Waals surface area contributed by atoms with Gasteiger partial charge in [0.1, 0.15) is 0 Å². The van der Waals surface area contributed by atoms with Gasteiger partial charge in [-0.25, -0.2) is 0 Å². The van der Waals surface area contributed by atoms with Crippen LogP contribution in [0.3, 0.4) is 0 Å². The number of nitrogens with zero attached hydrogens (tertiary/aromatic N) is 1. The predicted octanol–water partition coefficient (Wildman–Crippen LogP) is 1.04.